The largest absolute Gasteiger partial charge is 0.367 e. The number of hydrogen-bond acceptors (Lipinski definition) is 5. The predicted molar refractivity (Wildman–Crippen MR) is 94.9 cm³/mol. The van der Waals surface area contributed by atoms with Gasteiger partial charge in [0, 0.05) is 37.5 Å². The van der Waals surface area contributed by atoms with Gasteiger partial charge < -0.3 is 4.74 Å². The second-order valence-corrected chi connectivity index (χ2v) is 6.01. The molecule has 0 unspecified atom stereocenters. The van der Waals surface area contributed by atoms with Crippen LogP contribution in [0.25, 0.3) is 11.3 Å². The molecule has 6 heteroatoms. The SMILES string of the molecule is CO[C@@H](C(=O)N(C)c1nc(-c2ccncc2)cs1)c1ccccc1. The summed E-state index contributed by atoms with van der Waals surface area (Å²) in [6.07, 6.45) is 2.79. The molecule has 0 saturated heterocycles. The molecule has 1 amide bonds. The number of amides is 1. The summed E-state index contributed by atoms with van der Waals surface area (Å²) < 4.78 is 5.41. The van der Waals surface area contributed by atoms with E-state index >= 15 is 0 Å². The molecule has 0 N–H and O–H groups in total. The van der Waals surface area contributed by atoms with Gasteiger partial charge in [-0.05, 0) is 17.7 Å². The van der Waals surface area contributed by atoms with Crippen LogP contribution in [0.2, 0.25) is 0 Å². The number of benzene rings is 1. The lowest BCUT2D eigenvalue weighted by molar-refractivity contribution is -0.128. The molecule has 2 heterocycles. The van der Waals surface area contributed by atoms with Crippen molar-refractivity contribution >= 4 is 22.4 Å². The van der Waals surface area contributed by atoms with Crippen LogP contribution in [0.3, 0.4) is 0 Å². The van der Waals surface area contributed by atoms with Crippen molar-refractivity contribution in [2.75, 3.05) is 19.1 Å². The normalized spacial score (nSPS) is 11.9. The predicted octanol–water partition coefficient (Wildman–Crippen LogP) is 3.56. The summed E-state index contributed by atoms with van der Waals surface area (Å²) in [5, 5.41) is 2.56. The van der Waals surface area contributed by atoms with Crippen LogP contribution in [0.4, 0.5) is 5.13 Å². The summed E-state index contributed by atoms with van der Waals surface area (Å²) in [4.78, 5) is 22.9. The molecule has 1 aromatic carbocycles. The van der Waals surface area contributed by atoms with E-state index in [0.717, 1.165) is 16.8 Å². The van der Waals surface area contributed by atoms with E-state index in [1.54, 1.807) is 19.4 Å². The minimum atomic E-state index is -0.649. The average Bonchev–Trinajstić information content (AvgIpc) is 3.13. The first-order chi connectivity index (χ1) is 11.7. The molecule has 24 heavy (non-hydrogen) atoms. The molecule has 2 aromatic heterocycles. The van der Waals surface area contributed by atoms with E-state index in [1.165, 1.54) is 23.3 Å². The highest BCUT2D eigenvalue weighted by Gasteiger charge is 2.26. The van der Waals surface area contributed by atoms with Crippen molar-refractivity contribution < 1.29 is 9.53 Å². The van der Waals surface area contributed by atoms with Crippen LogP contribution in [0.5, 0.6) is 0 Å². The lowest BCUT2D eigenvalue weighted by Crippen LogP contribution is -2.32. The molecule has 3 aromatic rings. The molecule has 3 rings (SSSR count). The van der Waals surface area contributed by atoms with E-state index < -0.39 is 6.10 Å². The molecule has 0 aliphatic heterocycles. The lowest BCUT2D eigenvalue weighted by Gasteiger charge is -2.21. The Bertz CT molecular complexity index is 805. The fourth-order valence-electron chi connectivity index (χ4n) is 2.35. The van der Waals surface area contributed by atoms with Gasteiger partial charge in [-0.25, -0.2) is 4.98 Å². The summed E-state index contributed by atoms with van der Waals surface area (Å²) in [5.74, 6) is -0.153. The van der Waals surface area contributed by atoms with Gasteiger partial charge in [-0.2, -0.15) is 0 Å². The van der Waals surface area contributed by atoms with E-state index in [0.29, 0.717) is 5.13 Å². The summed E-state index contributed by atoms with van der Waals surface area (Å²) >= 11 is 1.42. The van der Waals surface area contributed by atoms with Crippen molar-refractivity contribution in [3.05, 3.63) is 65.8 Å². The molecule has 0 spiro atoms. The molecular weight excluding hydrogens is 322 g/mol. The molecular formula is C18H17N3O2S. The van der Waals surface area contributed by atoms with Crippen molar-refractivity contribution in [3.63, 3.8) is 0 Å². The maximum absolute atomic E-state index is 12.8. The summed E-state index contributed by atoms with van der Waals surface area (Å²) in [5.41, 5.74) is 2.62. The van der Waals surface area contributed by atoms with Crippen molar-refractivity contribution in [1.29, 1.82) is 0 Å². The first-order valence-electron chi connectivity index (χ1n) is 7.42. The monoisotopic (exact) mass is 339 g/mol. The fraction of sp³-hybridized carbons (Fsp3) is 0.167. The summed E-state index contributed by atoms with van der Waals surface area (Å²) in [6, 6.07) is 13.2. The Kier molecular flexibility index (Phi) is 4.98. The first kappa shape index (κ1) is 16.3. The Hall–Kier alpha value is -2.57. The topological polar surface area (TPSA) is 55.3 Å². The summed E-state index contributed by atoms with van der Waals surface area (Å²) in [7, 11) is 3.25. The number of carbonyl (C=O) groups excluding carboxylic acids is 1. The molecule has 122 valence electrons. The smallest absolute Gasteiger partial charge is 0.262 e. The number of methoxy groups -OCH3 is 1. The molecule has 1 atom stereocenters. The van der Waals surface area contributed by atoms with Crippen LogP contribution in [-0.2, 0) is 9.53 Å². The number of anilines is 1. The number of likely N-dealkylation sites (N-methyl/N-ethyl adjacent to an activating group) is 1. The number of ether oxygens (including phenoxy) is 1. The van der Waals surface area contributed by atoms with Crippen molar-refractivity contribution in [2.24, 2.45) is 0 Å². The fourth-order valence-corrected chi connectivity index (χ4v) is 3.16. The quantitative estimate of drug-likeness (QED) is 0.713. The van der Waals surface area contributed by atoms with Gasteiger partial charge in [-0.1, -0.05) is 30.3 Å². The molecule has 0 fully saturated rings. The molecule has 5 nitrogen and oxygen atoms in total. The van der Waals surface area contributed by atoms with E-state index in [1.807, 2.05) is 47.8 Å². The Morgan fingerprint density at radius 2 is 1.88 bits per heavy atom. The third-order valence-electron chi connectivity index (χ3n) is 3.65. The number of pyridine rings is 1. The Morgan fingerprint density at radius 3 is 2.54 bits per heavy atom. The zero-order chi connectivity index (χ0) is 16.9. The minimum Gasteiger partial charge on any atom is -0.367 e. The highest BCUT2D eigenvalue weighted by molar-refractivity contribution is 7.14. The average molecular weight is 339 g/mol. The maximum Gasteiger partial charge on any atom is 0.262 e. The lowest BCUT2D eigenvalue weighted by atomic mass is 10.1. The highest BCUT2D eigenvalue weighted by atomic mass is 32.1. The minimum absolute atomic E-state index is 0.153. The van der Waals surface area contributed by atoms with Crippen molar-refractivity contribution in [1.82, 2.24) is 9.97 Å². The molecule has 0 saturated carbocycles. The zero-order valence-electron chi connectivity index (χ0n) is 13.4. The van der Waals surface area contributed by atoms with E-state index in [-0.39, 0.29) is 5.91 Å². The summed E-state index contributed by atoms with van der Waals surface area (Å²) in [6.45, 7) is 0. The van der Waals surface area contributed by atoms with Crippen LogP contribution in [0, 0.1) is 0 Å². The Labute approximate surface area is 144 Å². The third kappa shape index (κ3) is 3.34. The third-order valence-corrected chi connectivity index (χ3v) is 4.57. The van der Waals surface area contributed by atoms with Crippen LogP contribution < -0.4 is 4.90 Å². The van der Waals surface area contributed by atoms with E-state index in [4.69, 9.17) is 4.74 Å². The van der Waals surface area contributed by atoms with Crippen molar-refractivity contribution in [3.8, 4) is 11.3 Å². The van der Waals surface area contributed by atoms with Crippen LogP contribution >= 0.6 is 11.3 Å². The van der Waals surface area contributed by atoms with Crippen molar-refractivity contribution in [2.45, 2.75) is 6.10 Å². The zero-order valence-corrected chi connectivity index (χ0v) is 14.2. The highest BCUT2D eigenvalue weighted by Crippen LogP contribution is 2.29. The molecule has 0 bridgehead atoms. The second-order valence-electron chi connectivity index (χ2n) is 5.17. The van der Waals surface area contributed by atoms with Gasteiger partial charge in [-0.3, -0.25) is 14.7 Å². The van der Waals surface area contributed by atoms with Gasteiger partial charge in [0.1, 0.15) is 0 Å². The number of aromatic nitrogens is 2. The Morgan fingerprint density at radius 1 is 1.17 bits per heavy atom. The van der Waals surface area contributed by atoms with Crippen LogP contribution in [-0.4, -0.2) is 30.0 Å². The van der Waals surface area contributed by atoms with Gasteiger partial charge in [0.05, 0.1) is 5.69 Å². The van der Waals surface area contributed by atoms with Crippen LogP contribution in [0.15, 0.2) is 60.2 Å². The van der Waals surface area contributed by atoms with E-state index in [9.17, 15) is 4.79 Å². The second kappa shape index (κ2) is 7.33. The number of rotatable bonds is 5. The molecule has 0 aliphatic carbocycles. The number of hydrogen-bond donors (Lipinski definition) is 0. The van der Waals surface area contributed by atoms with Gasteiger partial charge in [0.2, 0.25) is 0 Å². The number of nitrogens with zero attached hydrogens (tertiary/aromatic N) is 3. The Balaban J connectivity index is 1.82. The van der Waals surface area contributed by atoms with Gasteiger partial charge in [0.15, 0.2) is 11.2 Å². The molecule has 0 radical (unpaired) electrons. The maximum atomic E-state index is 12.8. The van der Waals surface area contributed by atoms with Gasteiger partial charge >= 0.3 is 0 Å². The van der Waals surface area contributed by atoms with Crippen LogP contribution in [0.1, 0.15) is 11.7 Å². The number of carbonyl (C=O) groups is 1. The first-order valence-corrected chi connectivity index (χ1v) is 8.30. The molecule has 0 aliphatic rings. The number of thiazole rings is 1. The van der Waals surface area contributed by atoms with Gasteiger partial charge in [0.25, 0.3) is 5.91 Å². The van der Waals surface area contributed by atoms with Gasteiger partial charge in [-0.15, -0.1) is 11.3 Å². The standard InChI is InChI=1S/C18H17N3O2S/c1-21(17(22)16(23-2)14-6-4-3-5-7-14)18-20-15(12-24-18)13-8-10-19-11-9-13/h3-12,16H,1-2H3/t16-/m1/s1. The van der Waals surface area contributed by atoms with E-state index in [2.05, 4.69) is 9.97 Å².